The Morgan fingerprint density at radius 2 is 1.67 bits per heavy atom. The first-order chi connectivity index (χ1) is 13.1. The molecule has 2 aliphatic rings. The van der Waals surface area contributed by atoms with E-state index in [1.54, 1.807) is 29.2 Å². The number of nitrogens with one attached hydrogen (secondary N) is 2. The van der Waals surface area contributed by atoms with Crippen molar-refractivity contribution >= 4 is 29.1 Å². The lowest BCUT2D eigenvalue weighted by Crippen LogP contribution is -2.28. The molecule has 2 N–H and O–H groups in total. The summed E-state index contributed by atoms with van der Waals surface area (Å²) in [7, 11) is 0. The molecule has 4 rings (SSSR count). The van der Waals surface area contributed by atoms with Gasteiger partial charge in [-0.1, -0.05) is 18.2 Å². The molecule has 27 heavy (non-hydrogen) atoms. The van der Waals surface area contributed by atoms with Gasteiger partial charge in [-0.05, 0) is 49.2 Å². The first kappa shape index (κ1) is 17.3. The van der Waals surface area contributed by atoms with Gasteiger partial charge in [0.15, 0.2) is 0 Å². The average molecular weight is 363 g/mol. The van der Waals surface area contributed by atoms with Gasteiger partial charge >= 0.3 is 0 Å². The van der Waals surface area contributed by atoms with E-state index in [2.05, 4.69) is 10.6 Å². The van der Waals surface area contributed by atoms with Crippen LogP contribution in [0.4, 0.5) is 11.4 Å². The Hall–Kier alpha value is -3.15. The first-order valence-corrected chi connectivity index (χ1v) is 9.17. The molecule has 1 atom stereocenters. The number of hydrogen-bond donors (Lipinski definition) is 2. The second kappa shape index (κ2) is 7.23. The van der Waals surface area contributed by atoms with E-state index >= 15 is 0 Å². The van der Waals surface area contributed by atoms with Crippen molar-refractivity contribution in [2.45, 2.75) is 25.3 Å². The van der Waals surface area contributed by atoms with Crippen molar-refractivity contribution in [3.05, 3.63) is 60.2 Å². The van der Waals surface area contributed by atoms with Crippen LogP contribution in [0.25, 0.3) is 0 Å². The van der Waals surface area contributed by atoms with Gasteiger partial charge in [0, 0.05) is 35.9 Å². The minimum Gasteiger partial charge on any atom is -0.349 e. The summed E-state index contributed by atoms with van der Waals surface area (Å²) in [5.74, 6) is -0.712. The SMILES string of the molecule is O=C(NC1CC1)c1ccc(NC(=O)C2CC(=O)N(c3ccccc3)C2)cc1. The fraction of sp³-hybridized carbons (Fsp3) is 0.286. The summed E-state index contributed by atoms with van der Waals surface area (Å²) in [5, 5.41) is 5.78. The minimum atomic E-state index is -0.393. The van der Waals surface area contributed by atoms with Gasteiger partial charge in [-0.15, -0.1) is 0 Å². The Labute approximate surface area is 157 Å². The van der Waals surface area contributed by atoms with E-state index in [4.69, 9.17) is 0 Å². The van der Waals surface area contributed by atoms with E-state index in [0.29, 0.717) is 23.8 Å². The van der Waals surface area contributed by atoms with Crippen molar-refractivity contribution in [3.63, 3.8) is 0 Å². The maximum Gasteiger partial charge on any atom is 0.251 e. The van der Waals surface area contributed by atoms with E-state index in [1.807, 2.05) is 30.3 Å². The van der Waals surface area contributed by atoms with Crippen LogP contribution in [0.5, 0.6) is 0 Å². The van der Waals surface area contributed by atoms with E-state index in [1.165, 1.54) is 0 Å². The lowest BCUT2D eigenvalue weighted by Gasteiger charge is -2.16. The molecule has 3 amide bonds. The Bertz CT molecular complexity index is 860. The molecule has 2 aromatic carbocycles. The molecule has 138 valence electrons. The quantitative estimate of drug-likeness (QED) is 0.857. The van der Waals surface area contributed by atoms with Crippen LogP contribution >= 0.6 is 0 Å². The molecule has 2 aromatic rings. The molecule has 2 fully saturated rings. The molecule has 0 aromatic heterocycles. The van der Waals surface area contributed by atoms with Gasteiger partial charge in [-0.3, -0.25) is 14.4 Å². The number of rotatable bonds is 5. The van der Waals surface area contributed by atoms with Crippen LogP contribution in [-0.2, 0) is 9.59 Å². The highest BCUT2D eigenvalue weighted by Gasteiger charge is 2.35. The molecule has 1 saturated carbocycles. The van der Waals surface area contributed by atoms with Crippen LogP contribution in [0.3, 0.4) is 0 Å². The fourth-order valence-corrected chi connectivity index (χ4v) is 3.19. The first-order valence-electron chi connectivity index (χ1n) is 9.17. The van der Waals surface area contributed by atoms with E-state index in [9.17, 15) is 14.4 Å². The van der Waals surface area contributed by atoms with Crippen molar-refractivity contribution in [2.75, 3.05) is 16.8 Å². The lowest BCUT2D eigenvalue weighted by atomic mass is 10.1. The molecule has 1 heterocycles. The third kappa shape index (κ3) is 4.00. The van der Waals surface area contributed by atoms with Crippen LogP contribution in [0, 0.1) is 5.92 Å². The van der Waals surface area contributed by atoms with Gasteiger partial charge in [0.1, 0.15) is 0 Å². The molecule has 0 radical (unpaired) electrons. The predicted molar refractivity (Wildman–Crippen MR) is 102 cm³/mol. The van der Waals surface area contributed by atoms with Crippen molar-refractivity contribution in [1.29, 1.82) is 0 Å². The third-order valence-corrected chi connectivity index (χ3v) is 4.89. The fourth-order valence-electron chi connectivity index (χ4n) is 3.19. The van der Waals surface area contributed by atoms with E-state index < -0.39 is 5.92 Å². The van der Waals surface area contributed by atoms with Gasteiger partial charge in [0.05, 0.1) is 5.92 Å². The molecule has 0 spiro atoms. The molecule has 1 aliphatic heterocycles. The molecule has 6 nitrogen and oxygen atoms in total. The zero-order chi connectivity index (χ0) is 18.8. The number of carbonyl (C=O) groups is 3. The molecular formula is C21H21N3O3. The molecular weight excluding hydrogens is 342 g/mol. The third-order valence-electron chi connectivity index (χ3n) is 4.89. The number of benzene rings is 2. The van der Waals surface area contributed by atoms with Crippen molar-refractivity contribution in [2.24, 2.45) is 5.92 Å². The van der Waals surface area contributed by atoms with Gasteiger partial charge in [0.2, 0.25) is 11.8 Å². The average Bonchev–Trinajstić information content (AvgIpc) is 3.41. The molecule has 1 unspecified atom stereocenters. The maximum absolute atomic E-state index is 12.5. The van der Waals surface area contributed by atoms with Crippen LogP contribution in [-0.4, -0.2) is 30.3 Å². The molecule has 0 bridgehead atoms. The van der Waals surface area contributed by atoms with Crippen LogP contribution in [0.15, 0.2) is 54.6 Å². The van der Waals surface area contributed by atoms with Gasteiger partial charge in [0.25, 0.3) is 5.91 Å². The standard InChI is InChI=1S/C21H21N3O3/c25-19-12-15(13-24(19)18-4-2-1-3-5-18)21(27)23-16-8-6-14(7-9-16)20(26)22-17-10-11-17/h1-9,15,17H,10-13H2,(H,22,26)(H,23,27). The van der Waals surface area contributed by atoms with Crippen LogP contribution < -0.4 is 15.5 Å². The van der Waals surface area contributed by atoms with Gasteiger partial charge in [-0.25, -0.2) is 0 Å². The predicted octanol–water partition coefficient (Wildman–Crippen LogP) is 2.57. The van der Waals surface area contributed by atoms with Gasteiger partial charge in [-0.2, -0.15) is 0 Å². The zero-order valence-corrected chi connectivity index (χ0v) is 14.9. The Morgan fingerprint density at radius 1 is 0.963 bits per heavy atom. The number of carbonyl (C=O) groups excluding carboxylic acids is 3. The molecule has 1 aliphatic carbocycles. The second-order valence-corrected chi connectivity index (χ2v) is 7.06. The molecule has 6 heteroatoms. The van der Waals surface area contributed by atoms with E-state index in [0.717, 1.165) is 18.5 Å². The summed E-state index contributed by atoms with van der Waals surface area (Å²) >= 11 is 0. The Kier molecular flexibility index (Phi) is 4.62. The van der Waals surface area contributed by atoms with Crippen molar-refractivity contribution in [1.82, 2.24) is 5.32 Å². The van der Waals surface area contributed by atoms with Crippen LogP contribution in [0.2, 0.25) is 0 Å². The monoisotopic (exact) mass is 363 g/mol. The lowest BCUT2D eigenvalue weighted by molar-refractivity contribution is -0.122. The zero-order valence-electron chi connectivity index (χ0n) is 14.9. The Balaban J connectivity index is 1.36. The summed E-state index contributed by atoms with van der Waals surface area (Å²) in [4.78, 5) is 38.4. The number of hydrogen-bond acceptors (Lipinski definition) is 3. The van der Waals surface area contributed by atoms with E-state index in [-0.39, 0.29) is 24.1 Å². The highest BCUT2D eigenvalue weighted by Crippen LogP contribution is 2.26. The number of anilines is 2. The second-order valence-electron chi connectivity index (χ2n) is 7.06. The topological polar surface area (TPSA) is 78.5 Å². The summed E-state index contributed by atoms with van der Waals surface area (Å²) in [6.07, 6.45) is 2.28. The number of para-hydroxylation sites is 1. The van der Waals surface area contributed by atoms with Crippen molar-refractivity contribution < 1.29 is 14.4 Å². The number of amides is 3. The Morgan fingerprint density at radius 3 is 2.33 bits per heavy atom. The summed E-state index contributed by atoms with van der Waals surface area (Å²) < 4.78 is 0. The van der Waals surface area contributed by atoms with Crippen LogP contribution in [0.1, 0.15) is 29.6 Å². The maximum atomic E-state index is 12.5. The summed E-state index contributed by atoms with van der Waals surface area (Å²) in [5.41, 5.74) is 2.00. The van der Waals surface area contributed by atoms with Crippen molar-refractivity contribution in [3.8, 4) is 0 Å². The number of nitrogens with zero attached hydrogens (tertiary/aromatic N) is 1. The highest BCUT2D eigenvalue weighted by molar-refractivity contribution is 6.03. The smallest absolute Gasteiger partial charge is 0.251 e. The normalized spacial score (nSPS) is 19.0. The largest absolute Gasteiger partial charge is 0.349 e. The highest BCUT2D eigenvalue weighted by atomic mass is 16.2. The summed E-state index contributed by atoms with van der Waals surface area (Å²) in [6, 6.07) is 16.5. The van der Waals surface area contributed by atoms with Gasteiger partial charge < -0.3 is 15.5 Å². The molecule has 1 saturated heterocycles. The minimum absolute atomic E-state index is 0.0477. The summed E-state index contributed by atoms with van der Waals surface area (Å²) in [6.45, 7) is 0.372.